The van der Waals surface area contributed by atoms with Gasteiger partial charge in [-0.15, -0.1) is 11.8 Å². The summed E-state index contributed by atoms with van der Waals surface area (Å²) in [5.41, 5.74) is 1.52. The number of aryl methyl sites for hydroxylation is 2. The number of rotatable bonds is 5. The molecule has 0 aliphatic rings. The van der Waals surface area contributed by atoms with Crippen molar-refractivity contribution in [3.8, 4) is 0 Å². The average Bonchev–Trinajstić information content (AvgIpc) is 2.76. The van der Waals surface area contributed by atoms with Crippen molar-refractivity contribution in [2.24, 2.45) is 7.05 Å². The number of carboxylic acid groups (broad SMARTS) is 1. The van der Waals surface area contributed by atoms with Crippen molar-refractivity contribution >= 4 is 17.7 Å². The molecule has 0 unspecified atom stereocenters. The van der Waals surface area contributed by atoms with E-state index in [1.165, 1.54) is 0 Å². The maximum Gasteiger partial charge on any atom is 0.336 e. The van der Waals surface area contributed by atoms with Crippen LogP contribution in [-0.2, 0) is 13.5 Å². The number of hydrogen-bond donors (Lipinski definition) is 1. The van der Waals surface area contributed by atoms with Crippen LogP contribution in [0.4, 0.5) is 0 Å². The first-order valence-electron chi connectivity index (χ1n) is 5.60. The molecule has 2 aromatic rings. The second-order valence-corrected chi connectivity index (χ2v) is 4.98. The van der Waals surface area contributed by atoms with E-state index in [4.69, 9.17) is 5.11 Å². The Morgan fingerprint density at radius 1 is 1.39 bits per heavy atom. The summed E-state index contributed by atoms with van der Waals surface area (Å²) in [5, 5.41) is 13.2. The van der Waals surface area contributed by atoms with Gasteiger partial charge in [-0.1, -0.05) is 12.1 Å². The van der Waals surface area contributed by atoms with E-state index in [2.05, 4.69) is 5.10 Å². The van der Waals surface area contributed by atoms with Gasteiger partial charge >= 0.3 is 5.97 Å². The Bertz CT molecular complexity index is 551. The van der Waals surface area contributed by atoms with Crippen molar-refractivity contribution in [3.63, 3.8) is 0 Å². The maximum atomic E-state index is 11.0. The van der Waals surface area contributed by atoms with Gasteiger partial charge in [0.25, 0.3) is 0 Å². The monoisotopic (exact) mass is 262 g/mol. The predicted octanol–water partition coefficient (Wildman–Crippen LogP) is 2.45. The lowest BCUT2D eigenvalue weighted by Crippen LogP contribution is -2.01. The van der Waals surface area contributed by atoms with Crippen LogP contribution in [0.15, 0.2) is 41.4 Å². The molecule has 0 aliphatic heterocycles. The number of hydrogen-bond acceptors (Lipinski definition) is 3. The van der Waals surface area contributed by atoms with Gasteiger partial charge in [-0.25, -0.2) is 4.79 Å². The molecule has 18 heavy (non-hydrogen) atoms. The van der Waals surface area contributed by atoms with Crippen LogP contribution in [0, 0.1) is 0 Å². The molecular formula is C13H14N2O2S. The van der Waals surface area contributed by atoms with E-state index in [9.17, 15) is 4.79 Å². The standard InChI is InChI=1S/C13H14N2O2S/c1-15-10(6-8-14-15)7-9-18-12-5-3-2-4-11(12)13(16)17/h2-6,8H,7,9H2,1H3,(H,16,17). The van der Waals surface area contributed by atoms with Crippen molar-refractivity contribution in [2.45, 2.75) is 11.3 Å². The number of thioether (sulfide) groups is 1. The molecule has 0 saturated heterocycles. The molecule has 1 aromatic heterocycles. The molecule has 4 nitrogen and oxygen atoms in total. The third kappa shape index (κ3) is 2.92. The number of nitrogens with zero attached hydrogens (tertiary/aromatic N) is 2. The van der Waals surface area contributed by atoms with Crippen LogP contribution in [0.3, 0.4) is 0 Å². The maximum absolute atomic E-state index is 11.0. The summed E-state index contributed by atoms with van der Waals surface area (Å²) in [4.78, 5) is 11.9. The second-order valence-electron chi connectivity index (χ2n) is 3.85. The molecule has 5 heteroatoms. The lowest BCUT2D eigenvalue weighted by atomic mass is 10.2. The molecule has 0 aliphatic carbocycles. The van der Waals surface area contributed by atoms with Crippen LogP contribution in [0.1, 0.15) is 16.1 Å². The lowest BCUT2D eigenvalue weighted by Gasteiger charge is -2.05. The summed E-state index contributed by atoms with van der Waals surface area (Å²) in [6.07, 6.45) is 2.64. The van der Waals surface area contributed by atoms with Gasteiger partial charge in [0, 0.05) is 29.6 Å². The molecule has 94 valence electrons. The van der Waals surface area contributed by atoms with E-state index >= 15 is 0 Å². The number of aromatic nitrogens is 2. The quantitative estimate of drug-likeness (QED) is 0.841. The molecule has 0 amide bonds. The van der Waals surface area contributed by atoms with Gasteiger partial charge in [0.15, 0.2) is 0 Å². The van der Waals surface area contributed by atoms with Gasteiger partial charge in [0.05, 0.1) is 5.56 Å². The van der Waals surface area contributed by atoms with E-state index < -0.39 is 5.97 Å². The Balaban J connectivity index is 1.99. The summed E-state index contributed by atoms with van der Waals surface area (Å²) in [7, 11) is 1.91. The first kappa shape index (κ1) is 12.7. The number of benzene rings is 1. The molecule has 0 saturated carbocycles. The summed E-state index contributed by atoms with van der Waals surface area (Å²) in [6, 6.07) is 9.06. The highest BCUT2D eigenvalue weighted by Gasteiger charge is 2.09. The van der Waals surface area contributed by atoms with E-state index in [0.29, 0.717) is 5.56 Å². The largest absolute Gasteiger partial charge is 0.478 e. The number of aromatic carboxylic acids is 1. The van der Waals surface area contributed by atoms with Gasteiger partial charge in [-0.05, 0) is 24.6 Å². The van der Waals surface area contributed by atoms with Crippen LogP contribution in [-0.4, -0.2) is 26.6 Å². The van der Waals surface area contributed by atoms with Crippen molar-refractivity contribution in [1.82, 2.24) is 9.78 Å². The third-order valence-electron chi connectivity index (χ3n) is 2.66. The minimum absolute atomic E-state index is 0.368. The fraction of sp³-hybridized carbons (Fsp3) is 0.231. The minimum Gasteiger partial charge on any atom is -0.478 e. The lowest BCUT2D eigenvalue weighted by molar-refractivity contribution is 0.0693. The minimum atomic E-state index is -0.876. The topological polar surface area (TPSA) is 55.1 Å². The Hall–Kier alpha value is -1.75. The molecule has 0 atom stereocenters. The molecule has 1 aromatic carbocycles. The number of carboxylic acids is 1. The van der Waals surface area contributed by atoms with Gasteiger partial charge in [-0.2, -0.15) is 5.10 Å². The summed E-state index contributed by atoms with van der Waals surface area (Å²) < 4.78 is 1.84. The van der Waals surface area contributed by atoms with Crippen LogP contribution in [0.5, 0.6) is 0 Å². The molecule has 1 N–H and O–H groups in total. The molecule has 1 heterocycles. The van der Waals surface area contributed by atoms with Crippen LogP contribution in [0.2, 0.25) is 0 Å². The Kier molecular flexibility index (Phi) is 4.04. The van der Waals surface area contributed by atoms with Crippen molar-refractivity contribution in [2.75, 3.05) is 5.75 Å². The highest BCUT2D eigenvalue weighted by Crippen LogP contribution is 2.23. The van der Waals surface area contributed by atoms with Crippen molar-refractivity contribution in [1.29, 1.82) is 0 Å². The zero-order valence-corrected chi connectivity index (χ0v) is 10.9. The van der Waals surface area contributed by atoms with Crippen LogP contribution < -0.4 is 0 Å². The first-order chi connectivity index (χ1) is 8.68. The molecule has 0 radical (unpaired) electrons. The van der Waals surface area contributed by atoms with E-state index in [1.54, 1.807) is 30.1 Å². The Morgan fingerprint density at radius 2 is 2.17 bits per heavy atom. The van der Waals surface area contributed by atoms with Gasteiger partial charge in [-0.3, -0.25) is 4.68 Å². The summed E-state index contributed by atoms with van der Waals surface area (Å²) >= 11 is 1.56. The fourth-order valence-corrected chi connectivity index (χ4v) is 2.70. The predicted molar refractivity (Wildman–Crippen MR) is 71.0 cm³/mol. The van der Waals surface area contributed by atoms with Crippen LogP contribution >= 0.6 is 11.8 Å². The van der Waals surface area contributed by atoms with E-state index in [-0.39, 0.29) is 0 Å². The number of carbonyl (C=O) groups is 1. The SMILES string of the molecule is Cn1nccc1CCSc1ccccc1C(=O)O. The van der Waals surface area contributed by atoms with Gasteiger partial charge in [0.1, 0.15) is 0 Å². The first-order valence-corrected chi connectivity index (χ1v) is 6.59. The second kappa shape index (κ2) is 5.73. The highest BCUT2D eigenvalue weighted by atomic mass is 32.2. The van der Waals surface area contributed by atoms with Crippen LogP contribution in [0.25, 0.3) is 0 Å². The van der Waals surface area contributed by atoms with Gasteiger partial charge < -0.3 is 5.11 Å². The van der Waals surface area contributed by atoms with Crippen molar-refractivity contribution in [3.05, 3.63) is 47.8 Å². The fourth-order valence-electron chi connectivity index (χ4n) is 1.68. The normalized spacial score (nSPS) is 10.5. The Morgan fingerprint density at radius 3 is 2.83 bits per heavy atom. The highest BCUT2D eigenvalue weighted by molar-refractivity contribution is 7.99. The van der Waals surface area contributed by atoms with Gasteiger partial charge in [0.2, 0.25) is 0 Å². The summed E-state index contributed by atoms with van der Waals surface area (Å²) in [6.45, 7) is 0. The molecule has 2 rings (SSSR count). The summed E-state index contributed by atoms with van der Waals surface area (Å²) in [5.74, 6) is -0.0391. The average molecular weight is 262 g/mol. The molecule has 0 bridgehead atoms. The van der Waals surface area contributed by atoms with E-state index in [0.717, 1.165) is 22.8 Å². The molecule has 0 spiro atoms. The molecular weight excluding hydrogens is 248 g/mol. The Labute approximate surface area is 110 Å². The zero-order chi connectivity index (χ0) is 13.0. The van der Waals surface area contributed by atoms with E-state index in [1.807, 2.05) is 29.9 Å². The third-order valence-corrected chi connectivity index (χ3v) is 3.73. The smallest absolute Gasteiger partial charge is 0.336 e. The molecule has 0 fully saturated rings. The zero-order valence-electron chi connectivity index (χ0n) is 10.0. The van der Waals surface area contributed by atoms with Crippen molar-refractivity contribution < 1.29 is 9.90 Å².